The van der Waals surface area contributed by atoms with Crippen LogP contribution in [0.4, 0.5) is 0 Å². The largest absolute Gasteiger partial charge is 0.508 e. The highest BCUT2D eigenvalue weighted by Crippen LogP contribution is 2.40. The highest BCUT2D eigenvalue weighted by Gasteiger charge is 2.33. The molecule has 3 N–H and O–H groups in total. The van der Waals surface area contributed by atoms with Gasteiger partial charge in [-0.2, -0.15) is 0 Å². The van der Waals surface area contributed by atoms with Crippen molar-refractivity contribution in [1.29, 1.82) is 0 Å². The van der Waals surface area contributed by atoms with E-state index in [-0.39, 0.29) is 11.9 Å². The standard InChI is InChI=1S/C17H24N2O2/c18-17(21)11-19(12-5-1-2-6-12)15-9-3-8-14-13(15)7-4-10-16(14)20/h4,7,10,12,15,20H,1-3,5-6,8-9,11H2,(H2,18,21). The van der Waals surface area contributed by atoms with Crippen LogP contribution in [0.15, 0.2) is 18.2 Å². The SMILES string of the molecule is NC(=O)CN(C1CCCC1)C1CCCc2c(O)cccc21. The average molecular weight is 288 g/mol. The lowest BCUT2D eigenvalue weighted by molar-refractivity contribution is -0.120. The van der Waals surface area contributed by atoms with Gasteiger partial charge in [0.2, 0.25) is 5.91 Å². The first-order valence-electron chi connectivity index (χ1n) is 8.01. The van der Waals surface area contributed by atoms with Gasteiger partial charge in [0.25, 0.3) is 0 Å². The molecule has 1 saturated carbocycles. The van der Waals surface area contributed by atoms with E-state index in [0.29, 0.717) is 18.3 Å². The summed E-state index contributed by atoms with van der Waals surface area (Å²) in [7, 11) is 0. The Labute approximate surface area is 125 Å². The van der Waals surface area contributed by atoms with Crippen molar-refractivity contribution in [1.82, 2.24) is 4.90 Å². The van der Waals surface area contributed by atoms with Crippen molar-refractivity contribution in [2.45, 2.75) is 57.0 Å². The van der Waals surface area contributed by atoms with Crippen molar-refractivity contribution < 1.29 is 9.90 Å². The Kier molecular flexibility index (Phi) is 4.15. The number of fused-ring (bicyclic) bond motifs is 1. The average Bonchev–Trinajstić information content (AvgIpc) is 2.99. The quantitative estimate of drug-likeness (QED) is 0.894. The molecule has 4 nitrogen and oxygen atoms in total. The zero-order valence-electron chi connectivity index (χ0n) is 12.4. The molecule has 1 amide bonds. The zero-order chi connectivity index (χ0) is 14.8. The Bertz CT molecular complexity index is 524. The second-order valence-corrected chi connectivity index (χ2v) is 6.33. The molecular formula is C17H24N2O2. The summed E-state index contributed by atoms with van der Waals surface area (Å²) in [5.41, 5.74) is 7.73. The van der Waals surface area contributed by atoms with Crippen molar-refractivity contribution in [3.05, 3.63) is 29.3 Å². The maximum absolute atomic E-state index is 11.5. The van der Waals surface area contributed by atoms with Crippen LogP contribution in [-0.2, 0) is 11.2 Å². The summed E-state index contributed by atoms with van der Waals surface area (Å²) in [6.45, 7) is 0.324. The van der Waals surface area contributed by atoms with Gasteiger partial charge in [-0.25, -0.2) is 0 Å². The number of amides is 1. The molecule has 4 heteroatoms. The van der Waals surface area contributed by atoms with Gasteiger partial charge in [-0.1, -0.05) is 25.0 Å². The molecule has 0 aromatic heterocycles. The molecule has 21 heavy (non-hydrogen) atoms. The molecule has 1 unspecified atom stereocenters. The summed E-state index contributed by atoms with van der Waals surface area (Å²) in [6, 6.07) is 6.44. The Morgan fingerprint density at radius 3 is 2.71 bits per heavy atom. The number of phenols is 1. The Morgan fingerprint density at radius 1 is 1.24 bits per heavy atom. The van der Waals surface area contributed by atoms with Crippen LogP contribution in [-0.4, -0.2) is 28.5 Å². The number of rotatable bonds is 4. The Hall–Kier alpha value is -1.55. The number of benzene rings is 1. The molecule has 0 radical (unpaired) electrons. The van der Waals surface area contributed by atoms with Crippen molar-refractivity contribution >= 4 is 5.91 Å². The number of hydrogen-bond acceptors (Lipinski definition) is 3. The lowest BCUT2D eigenvalue weighted by Crippen LogP contribution is -2.43. The summed E-state index contributed by atoms with van der Waals surface area (Å²) < 4.78 is 0. The topological polar surface area (TPSA) is 66.6 Å². The maximum Gasteiger partial charge on any atom is 0.231 e. The van der Waals surface area contributed by atoms with E-state index >= 15 is 0 Å². The molecule has 2 aliphatic carbocycles. The van der Waals surface area contributed by atoms with Crippen LogP contribution < -0.4 is 5.73 Å². The fraction of sp³-hybridized carbons (Fsp3) is 0.588. The van der Waals surface area contributed by atoms with Crippen molar-refractivity contribution in [2.24, 2.45) is 5.73 Å². The van der Waals surface area contributed by atoms with Crippen molar-refractivity contribution in [2.75, 3.05) is 6.54 Å². The third-order valence-electron chi connectivity index (χ3n) is 4.98. The van der Waals surface area contributed by atoms with Gasteiger partial charge in [0.1, 0.15) is 5.75 Å². The molecule has 0 spiro atoms. The molecule has 0 bridgehead atoms. The zero-order valence-corrected chi connectivity index (χ0v) is 12.4. The molecule has 3 rings (SSSR count). The monoisotopic (exact) mass is 288 g/mol. The minimum atomic E-state index is -0.255. The Morgan fingerprint density at radius 2 is 2.00 bits per heavy atom. The van der Waals surface area contributed by atoms with Gasteiger partial charge in [-0.3, -0.25) is 9.69 Å². The number of carbonyl (C=O) groups excluding carboxylic acids is 1. The second-order valence-electron chi connectivity index (χ2n) is 6.33. The predicted octanol–water partition coefficient (Wildman–Crippen LogP) is 2.50. The molecule has 0 aliphatic heterocycles. The van der Waals surface area contributed by atoms with Crippen LogP contribution in [0.3, 0.4) is 0 Å². The first-order chi connectivity index (χ1) is 10.2. The summed E-state index contributed by atoms with van der Waals surface area (Å²) in [5.74, 6) is 0.136. The predicted molar refractivity (Wildman–Crippen MR) is 81.9 cm³/mol. The normalized spacial score (nSPS) is 22.4. The van der Waals surface area contributed by atoms with E-state index in [0.717, 1.165) is 37.7 Å². The summed E-state index contributed by atoms with van der Waals surface area (Å²) in [5, 5.41) is 10.1. The van der Waals surface area contributed by atoms with E-state index in [1.807, 2.05) is 6.07 Å². The molecule has 114 valence electrons. The van der Waals surface area contributed by atoms with Gasteiger partial charge < -0.3 is 10.8 Å². The van der Waals surface area contributed by atoms with Crippen LogP contribution >= 0.6 is 0 Å². The van der Waals surface area contributed by atoms with Crippen LogP contribution in [0.5, 0.6) is 5.75 Å². The molecule has 1 fully saturated rings. The van der Waals surface area contributed by atoms with Crippen LogP contribution in [0.2, 0.25) is 0 Å². The number of nitrogens with two attached hydrogens (primary N) is 1. The van der Waals surface area contributed by atoms with E-state index in [1.54, 1.807) is 6.07 Å². The molecule has 1 aromatic rings. The third kappa shape index (κ3) is 2.91. The van der Waals surface area contributed by atoms with E-state index in [2.05, 4.69) is 11.0 Å². The van der Waals surface area contributed by atoms with Gasteiger partial charge in [-0.15, -0.1) is 0 Å². The third-order valence-corrected chi connectivity index (χ3v) is 4.98. The van der Waals surface area contributed by atoms with Crippen LogP contribution in [0.1, 0.15) is 55.7 Å². The fourth-order valence-corrected chi connectivity index (χ4v) is 4.06. The van der Waals surface area contributed by atoms with Crippen LogP contribution in [0, 0.1) is 0 Å². The summed E-state index contributed by atoms with van der Waals surface area (Å²) >= 11 is 0. The Balaban J connectivity index is 1.93. The second kappa shape index (κ2) is 6.06. The molecule has 1 atom stereocenters. The molecule has 1 aromatic carbocycles. The minimum Gasteiger partial charge on any atom is -0.508 e. The highest BCUT2D eigenvalue weighted by molar-refractivity contribution is 5.76. The fourth-order valence-electron chi connectivity index (χ4n) is 4.06. The summed E-state index contributed by atoms with van der Waals surface area (Å²) in [6.07, 6.45) is 7.79. The smallest absolute Gasteiger partial charge is 0.231 e. The molecular weight excluding hydrogens is 264 g/mol. The van der Waals surface area contributed by atoms with Gasteiger partial charge in [0.05, 0.1) is 6.54 Å². The number of nitrogens with zero attached hydrogens (tertiary/aromatic N) is 1. The molecule has 2 aliphatic rings. The highest BCUT2D eigenvalue weighted by atomic mass is 16.3. The number of aromatic hydroxyl groups is 1. The van der Waals surface area contributed by atoms with E-state index in [9.17, 15) is 9.90 Å². The van der Waals surface area contributed by atoms with Gasteiger partial charge >= 0.3 is 0 Å². The number of carbonyl (C=O) groups is 1. The van der Waals surface area contributed by atoms with E-state index in [4.69, 9.17) is 5.73 Å². The lowest BCUT2D eigenvalue weighted by Gasteiger charge is -2.39. The van der Waals surface area contributed by atoms with Crippen molar-refractivity contribution in [3.8, 4) is 5.75 Å². The van der Waals surface area contributed by atoms with Gasteiger partial charge in [0, 0.05) is 12.1 Å². The van der Waals surface area contributed by atoms with E-state index < -0.39 is 0 Å². The molecule has 0 heterocycles. The van der Waals surface area contributed by atoms with Crippen LogP contribution in [0.25, 0.3) is 0 Å². The first kappa shape index (κ1) is 14.4. The molecule has 0 saturated heterocycles. The number of phenolic OH excluding ortho intramolecular Hbond substituents is 1. The number of primary amides is 1. The van der Waals surface area contributed by atoms with Crippen molar-refractivity contribution in [3.63, 3.8) is 0 Å². The lowest BCUT2D eigenvalue weighted by atomic mass is 9.85. The van der Waals surface area contributed by atoms with Gasteiger partial charge in [0.15, 0.2) is 0 Å². The van der Waals surface area contributed by atoms with E-state index in [1.165, 1.54) is 18.4 Å². The first-order valence-corrected chi connectivity index (χ1v) is 8.01. The maximum atomic E-state index is 11.5. The number of hydrogen-bond donors (Lipinski definition) is 2. The minimum absolute atomic E-state index is 0.219. The summed E-state index contributed by atoms with van der Waals surface area (Å²) in [4.78, 5) is 13.8. The van der Waals surface area contributed by atoms with Gasteiger partial charge in [-0.05, 0) is 49.3 Å².